The molecule has 1 aromatic rings. The van der Waals surface area contributed by atoms with Gasteiger partial charge >= 0.3 is 18.0 Å². The molecule has 0 bridgehead atoms. The Labute approximate surface area is 406 Å². The van der Waals surface area contributed by atoms with E-state index in [4.69, 9.17) is 52.3 Å². The molecule has 6 saturated heterocycles. The van der Waals surface area contributed by atoms with Gasteiger partial charge < -0.3 is 68.4 Å². The third-order valence-corrected chi connectivity index (χ3v) is 18.0. The van der Waals surface area contributed by atoms with Crippen LogP contribution in [0.1, 0.15) is 90.7 Å². The van der Waals surface area contributed by atoms with Crippen LogP contribution in [0, 0.1) is 28.1 Å². The summed E-state index contributed by atoms with van der Waals surface area (Å²) in [6.07, 6.45) is 6.52. The monoisotopic (exact) mass is 987 g/mol. The molecule has 2 aliphatic carbocycles. The molecule has 382 valence electrons. The van der Waals surface area contributed by atoms with Crippen molar-refractivity contribution in [3.05, 3.63) is 24.2 Å². The van der Waals surface area contributed by atoms with Crippen molar-refractivity contribution in [3.63, 3.8) is 0 Å². The van der Waals surface area contributed by atoms with E-state index >= 15 is 0 Å². The number of rotatable bonds is 24. The number of cyclic esters (lactones) is 2. The molecule has 2 spiro atoms. The van der Waals surface area contributed by atoms with Gasteiger partial charge in [-0.25, -0.2) is 9.59 Å². The minimum absolute atomic E-state index is 0.0167. The molecule has 0 aromatic carbocycles. The number of epoxide rings is 1. The molecule has 21 heteroatoms. The van der Waals surface area contributed by atoms with Crippen molar-refractivity contribution in [2.24, 2.45) is 33.2 Å². The zero-order valence-corrected chi connectivity index (χ0v) is 41.0. The zero-order chi connectivity index (χ0) is 48.4. The van der Waals surface area contributed by atoms with Crippen LogP contribution in [0.4, 0.5) is 4.79 Å². The first kappa shape index (κ1) is 50.0. The molecule has 7 heterocycles. The number of furan rings is 1. The number of hydrogen-bond acceptors (Lipinski definition) is 17. The van der Waals surface area contributed by atoms with Crippen LogP contribution in [-0.4, -0.2) is 161 Å². The van der Waals surface area contributed by atoms with Gasteiger partial charge in [-0.2, -0.15) is 11.8 Å². The molecule has 0 radical (unpaired) electrons. The van der Waals surface area contributed by atoms with Gasteiger partial charge in [0.2, 0.25) is 5.91 Å². The average molecular weight is 988 g/mol. The van der Waals surface area contributed by atoms with Crippen LogP contribution in [0.3, 0.4) is 0 Å². The molecular weight excluding hydrogens is 919 g/mol. The molecule has 12 atom stereocenters. The Hall–Kier alpha value is -3.99. The quantitative estimate of drug-likeness (QED) is 0.0383. The first-order valence-electron chi connectivity index (χ1n) is 24.7. The first-order valence-corrected chi connectivity index (χ1v) is 25.8. The molecule has 8 fully saturated rings. The summed E-state index contributed by atoms with van der Waals surface area (Å²) >= 11 is 1.89. The maximum absolute atomic E-state index is 13.7. The summed E-state index contributed by atoms with van der Waals surface area (Å²) in [5.41, 5.74) is -2.32. The van der Waals surface area contributed by atoms with E-state index in [2.05, 4.69) is 35.1 Å². The molecule has 0 unspecified atom stereocenters. The van der Waals surface area contributed by atoms with Gasteiger partial charge in [-0.05, 0) is 57.9 Å². The summed E-state index contributed by atoms with van der Waals surface area (Å²) in [6, 6.07) is 2.17. The fraction of sp³-hybridized carbons (Fsp3) is 0.792. The Kier molecular flexibility index (Phi) is 14.9. The molecule has 8 aliphatic rings. The second-order valence-electron chi connectivity index (χ2n) is 20.6. The van der Waals surface area contributed by atoms with Crippen molar-refractivity contribution in [3.8, 4) is 0 Å². The van der Waals surface area contributed by atoms with E-state index in [9.17, 15) is 24.0 Å². The second-order valence-corrected chi connectivity index (χ2v) is 21.9. The van der Waals surface area contributed by atoms with Gasteiger partial charge in [0.05, 0.1) is 101 Å². The molecule has 6 aliphatic heterocycles. The third-order valence-electron chi connectivity index (χ3n) is 16.5. The number of nitrogens with zero attached hydrogens (tertiary/aromatic N) is 1. The Balaban J connectivity index is 0.655. The lowest BCUT2D eigenvalue weighted by atomic mass is 9.37. The lowest BCUT2D eigenvalue weighted by Crippen LogP contribution is -2.72. The van der Waals surface area contributed by atoms with Crippen LogP contribution in [0.5, 0.6) is 0 Å². The number of fused-ring (bicyclic) bond motifs is 2. The first-order chi connectivity index (χ1) is 33.2. The fourth-order valence-corrected chi connectivity index (χ4v) is 14.9. The Morgan fingerprint density at radius 3 is 2.28 bits per heavy atom. The summed E-state index contributed by atoms with van der Waals surface area (Å²) < 4.78 is 53.2. The van der Waals surface area contributed by atoms with Crippen LogP contribution in [0.15, 0.2) is 28.2 Å². The number of carbonyl (C=O) groups is 5. The van der Waals surface area contributed by atoms with E-state index < -0.39 is 45.6 Å². The lowest BCUT2D eigenvalue weighted by Gasteiger charge is -2.65. The highest BCUT2D eigenvalue weighted by molar-refractivity contribution is 8.00. The van der Waals surface area contributed by atoms with E-state index in [0.717, 1.165) is 30.6 Å². The number of oxime groups is 1. The van der Waals surface area contributed by atoms with Crippen LogP contribution < -0.4 is 21.3 Å². The molecule has 9 rings (SSSR count). The number of carbonyl (C=O) groups excluding carboxylic acids is 5. The number of esters is 2. The van der Waals surface area contributed by atoms with E-state index in [1.165, 1.54) is 0 Å². The van der Waals surface area contributed by atoms with Gasteiger partial charge in [-0.1, -0.05) is 25.4 Å². The lowest BCUT2D eigenvalue weighted by molar-refractivity contribution is -0.209. The average Bonchev–Trinajstić information content (AvgIpc) is 3.56. The topological polar surface area (TPSA) is 245 Å². The standard InChI is InChI=1S/C48H69N5O15S/c1-44(2)33-23-34(46(4)32(47(33)28-64-38(56)24-35(47)67-44)9-11-45(3)40(29-10-14-63-25-29)66-42(57)41-48(45,46)68-41)53-65-26-37(55)50-13-16-60-18-20-62-22-21-61-19-17-59-15-12-49-36(54)8-6-5-7-31-39-30(27-69-31)51-43(58)52-39/h10,14,25,30-33,35,39-41H,5-9,11-13,15-24,26-28H2,1-4H3,(H,49,54)(H,50,55)(H2,51,52,58)/b53-34+/t30-,31-,32-,33-,35-,39-,40-,41+,45-,46-,47+,48+/m0/s1. The van der Waals surface area contributed by atoms with E-state index in [0.29, 0.717) is 89.4 Å². The molecule has 20 nitrogen and oxygen atoms in total. The Morgan fingerprint density at radius 1 is 0.855 bits per heavy atom. The number of nitrogens with one attached hydrogen (secondary N) is 4. The van der Waals surface area contributed by atoms with Gasteiger partial charge in [-0.3, -0.25) is 14.4 Å². The molecule has 4 amide bonds. The van der Waals surface area contributed by atoms with Gasteiger partial charge in [-0.15, -0.1) is 0 Å². The van der Waals surface area contributed by atoms with E-state index in [1.807, 2.05) is 31.7 Å². The summed E-state index contributed by atoms with van der Waals surface area (Å²) in [7, 11) is 0. The number of amides is 4. The van der Waals surface area contributed by atoms with Crippen molar-refractivity contribution < 1.29 is 71.1 Å². The highest BCUT2D eigenvalue weighted by Gasteiger charge is 2.89. The minimum atomic E-state index is -1.02. The van der Waals surface area contributed by atoms with Crippen molar-refractivity contribution in [1.82, 2.24) is 21.3 Å². The van der Waals surface area contributed by atoms with Gasteiger partial charge in [0.15, 0.2) is 12.7 Å². The summed E-state index contributed by atoms with van der Waals surface area (Å²) in [4.78, 5) is 69.1. The van der Waals surface area contributed by atoms with E-state index in [-0.39, 0.29) is 86.6 Å². The highest BCUT2D eigenvalue weighted by Crippen LogP contribution is 2.80. The van der Waals surface area contributed by atoms with Crippen molar-refractivity contribution in [2.75, 3.05) is 84.9 Å². The summed E-state index contributed by atoms with van der Waals surface area (Å²) in [6.45, 7) is 11.9. The Bertz CT molecular complexity index is 2080. The van der Waals surface area contributed by atoms with Crippen LogP contribution >= 0.6 is 11.8 Å². The van der Waals surface area contributed by atoms with Gasteiger partial charge in [0, 0.05) is 58.2 Å². The van der Waals surface area contributed by atoms with Gasteiger partial charge in [0.1, 0.15) is 18.3 Å². The van der Waals surface area contributed by atoms with Crippen LogP contribution in [-0.2, 0) is 61.9 Å². The summed E-state index contributed by atoms with van der Waals surface area (Å²) in [5.74, 6) is -0.397. The third kappa shape index (κ3) is 9.38. The van der Waals surface area contributed by atoms with Crippen molar-refractivity contribution in [1.29, 1.82) is 0 Å². The highest BCUT2D eigenvalue weighted by atomic mass is 32.2. The van der Waals surface area contributed by atoms with Crippen molar-refractivity contribution in [2.45, 2.75) is 126 Å². The zero-order valence-electron chi connectivity index (χ0n) is 40.2. The molecule has 69 heavy (non-hydrogen) atoms. The number of ether oxygens (including phenoxy) is 8. The number of urea groups is 1. The Morgan fingerprint density at radius 2 is 1.57 bits per heavy atom. The number of hydrogen-bond donors (Lipinski definition) is 4. The molecular formula is C48H69N5O15S. The SMILES string of the molecule is CC1(C)O[C@H]2CC(=O)OC[C@]23[C@H]2CC[C@@]4(C)[C@H](c5ccoc5)OC(=O)[C@H]5O[C@]54[C@]2(C)/C(=N/OCC(=O)NCCOCCOCCOCCOCCNC(=O)CCCC[C@@H]2SC[C@@H]4NC(=O)N[C@@H]42)C[C@@H]13. The van der Waals surface area contributed by atoms with Crippen LogP contribution in [0.2, 0.25) is 0 Å². The van der Waals surface area contributed by atoms with Crippen molar-refractivity contribution >= 4 is 47.3 Å². The second kappa shape index (κ2) is 20.6. The smallest absolute Gasteiger partial charge is 0.339 e. The molecule has 1 aromatic heterocycles. The predicted molar refractivity (Wildman–Crippen MR) is 246 cm³/mol. The van der Waals surface area contributed by atoms with Crippen LogP contribution in [0.25, 0.3) is 0 Å². The summed E-state index contributed by atoms with van der Waals surface area (Å²) in [5, 5.41) is 16.8. The maximum atomic E-state index is 13.7. The fourth-order valence-electron chi connectivity index (χ4n) is 13.4. The predicted octanol–water partition coefficient (Wildman–Crippen LogP) is 2.97. The molecule has 2 saturated carbocycles. The largest absolute Gasteiger partial charge is 0.472 e. The van der Waals surface area contributed by atoms with E-state index in [1.54, 1.807) is 12.5 Å². The number of thioether (sulfide) groups is 1. The normalized spacial score (nSPS) is 37.2. The molecule has 4 N–H and O–H groups in total. The van der Waals surface area contributed by atoms with Gasteiger partial charge in [0.25, 0.3) is 5.91 Å². The minimum Gasteiger partial charge on any atom is -0.472 e. The maximum Gasteiger partial charge on any atom is 0.339 e. The number of unbranched alkanes of at least 4 members (excludes halogenated alkanes) is 1.